The van der Waals surface area contributed by atoms with Crippen LogP contribution in [0.2, 0.25) is 0 Å². The van der Waals surface area contributed by atoms with E-state index in [0.717, 1.165) is 44.9 Å². The standard InChI is InChI=1S/C34H28F4N4/c1-5-33(6-2)21-13-14-22(35)28-27(21)29-26-19(10-9-11-20(26)32(28,3)4)15-17-41(29)31-30(33)40-16-8-7-12-23(40)24-18-25(34(36,37)38)39-42(24)31/h7-18H,5-6H2,1-4H3/q+2. The summed E-state index contributed by atoms with van der Waals surface area (Å²) in [5.41, 5.74) is 3.71. The quantitative estimate of drug-likeness (QED) is 0.158. The number of hydrogen-bond donors (Lipinski definition) is 0. The van der Waals surface area contributed by atoms with E-state index < -0.39 is 22.7 Å². The monoisotopic (exact) mass is 568 g/mol. The van der Waals surface area contributed by atoms with Gasteiger partial charge < -0.3 is 0 Å². The Morgan fingerprint density at radius 3 is 2.43 bits per heavy atom. The average Bonchev–Trinajstić information content (AvgIpc) is 3.39. The minimum absolute atomic E-state index is 0.287. The molecule has 1 aliphatic heterocycles. The van der Waals surface area contributed by atoms with Crippen LogP contribution in [0.15, 0.2) is 73.1 Å². The highest BCUT2D eigenvalue weighted by molar-refractivity contribution is 6.01. The Kier molecular flexibility index (Phi) is 4.80. The predicted molar refractivity (Wildman–Crippen MR) is 151 cm³/mol. The zero-order valence-electron chi connectivity index (χ0n) is 23.6. The van der Waals surface area contributed by atoms with E-state index in [0.29, 0.717) is 35.3 Å². The maximum Gasteiger partial charge on any atom is 0.437 e. The second-order valence-corrected chi connectivity index (χ2v) is 12.0. The topological polar surface area (TPSA) is 25.3 Å². The number of alkyl halides is 3. The summed E-state index contributed by atoms with van der Waals surface area (Å²) < 4.78 is 64.2. The summed E-state index contributed by atoms with van der Waals surface area (Å²) in [7, 11) is 0. The van der Waals surface area contributed by atoms with Crippen LogP contribution in [0.25, 0.3) is 38.9 Å². The zero-order valence-corrected chi connectivity index (χ0v) is 23.6. The van der Waals surface area contributed by atoms with Crippen LogP contribution < -0.4 is 8.97 Å². The molecule has 0 unspecified atom stereocenters. The number of fused-ring (bicyclic) bond motifs is 7. The van der Waals surface area contributed by atoms with E-state index in [9.17, 15) is 13.2 Å². The first kappa shape index (κ1) is 25.4. The van der Waals surface area contributed by atoms with E-state index in [1.54, 1.807) is 6.07 Å². The SMILES string of the molecule is CCC1(CC)c2ccc(F)c3c2-c2c4c(cccc4cc[n+]2-c2c1[n+]1ccccc1c1cc(C(F)(F)F)nn21)C3(C)C. The van der Waals surface area contributed by atoms with E-state index in [1.807, 2.05) is 69.9 Å². The lowest BCUT2D eigenvalue weighted by Crippen LogP contribution is -2.47. The van der Waals surface area contributed by atoms with Gasteiger partial charge in [-0.3, -0.25) is 0 Å². The number of aromatic nitrogens is 4. The highest BCUT2D eigenvalue weighted by atomic mass is 19.4. The van der Waals surface area contributed by atoms with E-state index >= 15 is 4.39 Å². The third-order valence-corrected chi connectivity index (χ3v) is 9.85. The molecule has 6 aromatic rings. The Balaban J connectivity index is 1.74. The molecular weight excluding hydrogens is 540 g/mol. The van der Waals surface area contributed by atoms with Crippen molar-refractivity contribution in [3.63, 3.8) is 0 Å². The van der Waals surface area contributed by atoms with Gasteiger partial charge in [-0.05, 0) is 47.6 Å². The lowest BCUT2D eigenvalue weighted by molar-refractivity contribution is -0.606. The summed E-state index contributed by atoms with van der Waals surface area (Å²) >= 11 is 0. The molecule has 0 atom stereocenters. The summed E-state index contributed by atoms with van der Waals surface area (Å²) in [4.78, 5) is 0. The smallest absolute Gasteiger partial charge is 0.207 e. The highest BCUT2D eigenvalue weighted by Gasteiger charge is 2.54. The number of benzene rings is 2. The van der Waals surface area contributed by atoms with Gasteiger partial charge in [0.15, 0.2) is 11.9 Å². The third-order valence-electron chi connectivity index (χ3n) is 9.85. The molecule has 0 amide bonds. The van der Waals surface area contributed by atoms with E-state index in [-0.39, 0.29) is 5.82 Å². The molecule has 4 aromatic heterocycles. The van der Waals surface area contributed by atoms with Gasteiger partial charge in [0.05, 0.1) is 11.6 Å². The first-order valence-corrected chi connectivity index (χ1v) is 14.3. The molecular formula is C34H28F4N4+2. The minimum Gasteiger partial charge on any atom is -0.207 e. The molecule has 42 heavy (non-hydrogen) atoms. The van der Waals surface area contributed by atoms with Gasteiger partial charge in [0, 0.05) is 40.1 Å². The van der Waals surface area contributed by atoms with Crippen molar-refractivity contribution in [1.29, 1.82) is 0 Å². The van der Waals surface area contributed by atoms with Gasteiger partial charge in [-0.1, -0.05) is 61.6 Å². The van der Waals surface area contributed by atoms with Crippen LogP contribution in [0, 0.1) is 5.82 Å². The molecule has 210 valence electrons. The summed E-state index contributed by atoms with van der Waals surface area (Å²) in [6.45, 7) is 8.32. The number of halogens is 4. The van der Waals surface area contributed by atoms with Crippen LogP contribution in [0.1, 0.15) is 68.6 Å². The maximum absolute atomic E-state index is 16.2. The molecule has 2 aromatic carbocycles. The highest BCUT2D eigenvalue weighted by Crippen LogP contribution is 2.55. The van der Waals surface area contributed by atoms with Crippen LogP contribution >= 0.6 is 0 Å². The van der Waals surface area contributed by atoms with Crippen molar-refractivity contribution in [3.05, 3.63) is 107 Å². The maximum atomic E-state index is 16.2. The third kappa shape index (κ3) is 2.85. The van der Waals surface area contributed by atoms with Gasteiger partial charge in [-0.15, -0.1) is 0 Å². The Labute approximate surface area is 239 Å². The van der Waals surface area contributed by atoms with Crippen molar-refractivity contribution >= 4 is 21.8 Å². The fourth-order valence-corrected chi connectivity index (χ4v) is 7.91. The largest absolute Gasteiger partial charge is 0.437 e. The van der Waals surface area contributed by atoms with Gasteiger partial charge in [0.25, 0.3) is 11.2 Å². The van der Waals surface area contributed by atoms with Crippen molar-refractivity contribution in [1.82, 2.24) is 9.61 Å². The molecule has 4 nitrogen and oxygen atoms in total. The van der Waals surface area contributed by atoms with Crippen LogP contribution in [0.5, 0.6) is 0 Å². The van der Waals surface area contributed by atoms with Crippen molar-refractivity contribution in [2.75, 3.05) is 0 Å². The Morgan fingerprint density at radius 2 is 1.69 bits per heavy atom. The van der Waals surface area contributed by atoms with Crippen LogP contribution in [0.4, 0.5) is 17.6 Å². The van der Waals surface area contributed by atoms with Crippen molar-refractivity contribution in [3.8, 4) is 17.1 Å². The van der Waals surface area contributed by atoms with Crippen LogP contribution in [0.3, 0.4) is 0 Å². The van der Waals surface area contributed by atoms with Gasteiger partial charge in [0.1, 0.15) is 11.5 Å². The average molecular weight is 569 g/mol. The first-order chi connectivity index (χ1) is 20.0. The van der Waals surface area contributed by atoms with Gasteiger partial charge >= 0.3 is 12.0 Å². The van der Waals surface area contributed by atoms with Gasteiger partial charge in [-0.2, -0.15) is 22.1 Å². The minimum atomic E-state index is -4.62. The summed E-state index contributed by atoms with van der Waals surface area (Å²) in [5, 5.41) is 6.21. The summed E-state index contributed by atoms with van der Waals surface area (Å²) in [6.07, 6.45) is 0.484. The molecule has 8 rings (SSSR count). The molecule has 0 saturated carbocycles. The molecule has 0 N–H and O–H groups in total. The fourth-order valence-electron chi connectivity index (χ4n) is 7.91. The first-order valence-electron chi connectivity index (χ1n) is 14.3. The molecule has 0 saturated heterocycles. The molecule has 0 spiro atoms. The number of pyridine rings is 2. The van der Waals surface area contributed by atoms with Crippen molar-refractivity contribution in [2.24, 2.45) is 0 Å². The lowest BCUT2D eigenvalue weighted by Gasteiger charge is -2.37. The molecule has 0 bridgehead atoms. The molecule has 8 heteroatoms. The van der Waals surface area contributed by atoms with Gasteiger partial charge in [0.2, 0.25) is 5.52 Å². The number of nitrogens with zero attached hydrogens (tertiary/aromatic N) is 4. The van der Waals surface area contributed by atoms with Crippen molar-refractivity contribution in [2.45, 2.75) is 57.5 Å². The van der Waals surface area contributed by atoms with Crippen LogP contribution in [-0.4, -0.2) is 9.61 Å². The van der Waals surface area contributed by atoms with Gasteiger partial charge in [-0.25, -0.2) is 4.39 Å². The summed E-state index contributed by atoms with van der Waals surface area (Å²) in [5.74, 6) is 0.242. The van der Waals surface area contributed by atoms with E-state index in [4.69, 9.17) is 0 Å². The lowest BCUT2D eigenvalue weighted by atomic mass is 9.64. The normalized spacial score (nSPS) is 16.2. The molecule has 1 aliphatic carbocycles. The molecule has 0 radical (unpaired) electrons. The second kappa shape index (κ2) is 7.94. The second-order valence-electron chi connectivity index (χ2n) is 12.0. The number of hydrogen-bond acceptors (Lipinski definition) is 1. The molecule has 2 aliphatic rings. The fraction of sp³-hybridized carbons (Fsp3) is 0.265. The Hall–Kier alpha value is -4.33. The summed E-state index contributed by atoms with van der Waals surface area (Å²) in [6, 6.07) is 18.2. The number of rotatable bonds is 2. The Bertz CT molecular complexity index is 2150. The van der Waals surface area contributed by atoms with E-state index in [1.165, 1.54) is 4.52 Å². The van der Waals surface area contributed by atoms with Crippen molar-refractivity contribution < 1.29 is 26.5 Å². The van der Waals surface area contributed by atoms with E-state index in [2.05, 4.69) is 32.8 Å². The molecule has 5 heterocycles. The molecule has 0 fully saturated rings. The Morgan fingerprint density at radius 1 is 0.905 bits per heavy atom. The zero-order chi connectivity index (χ0) is 29.3. The predicted octanol–water partition coefficient (Wildman–Crippen LogP) is 7.39. The van der Waals surface area contributed by atoms with Crippen LogP contribution in [-0.2, 0) is 17.0 Å².